The van der Waals surface area contributed by atoms with Gasteiger partial charge in [0.15, 0.2) is 5.79 Å². The minimum atomic E-state index is -0.215. The number of hydrogen-bond donors (Lipinski definition) is 0. The van der Waals surface area contributed by atoms with E-state index >= 15 is 0 Å². The van der Waals surface area contributed by atoms with Gasteiger partial charge in [-0.05, 0) is 12.3 Å². The molecule has 1 aliphatic heterocycles. The molecule has 0 unspecified atom stereocenters. The molecule has 2 rings (SSSR count). The SMILES string of the molecule is C[C@H]1CCCC2(C1)OCC(C)(C)CO2. The Bertz CT molecular complexity index is 200. The Morgan fingerprint density at radius 3 is 2.36 bits per heavy atom. The van der Waals surface area contributed by atoms with Crippen molar-refractivity contribution in [2.45, 2.75) is 52.2 Å². The summed E-state index contributed by atoms with van der Waals surface area (Å²) in [6.45, 7) is 8.39. The predicted molar refractivity (Wildman–Crippen MR) is 56.0 cm³/mol. The molecule has 1 spiro atoms. The average molecular weight is 198 g/mol. The summed E-state index contributed by atoms with van der Waals surface area (Å²) >= 11 is 0. The van der Waals surface area contributed by atoms with E-state index in [4.69, 9.17) is 9.47 Å². The second kappa shape index (κ2) is 3.49. The number of rotatable bonds is 0. The molecule has 1 atom stereocenters. The zero-order chi connectivity index (χ0) is 10.2. The standard InChI is InChI=1S/C12H22O2/c1-10-5-4-6-12(7-10)13-8-11(2,3)9-14-12/h10H,4-9H2,1-3H3/t10-/m0/s1. The van der Waals surface area contributed by atoms with Gasteiger partial charge in [-0.25, -0.2) is 0 Å². The summed E-state index contributed by atoms with van der Waals surface area (Å²) in [5, 5.41) is 0. The molecule has 0 N–H and O–H groups in total. The van der Waals surface area contributed by atoms with Crippen LogP contribution in [0.1, 0.15) is 46.5 Å². The highest BCUT2D eigenvalue weighted by Gasteiger charge is 2.42. The fraction of sp³-hybridized carbons (Fsp3) is 1.00. The first-order valence-corrected chi connectivity index (χ1v) is 5.79. The lowest BCUT2D eigenvalue weighted by atomic mass is 9.84. The molecule has 1 heterocycles. The van der Waals surface area contributed by atoms with Crippen LogP contribution in [0.4, 0.5) is 0 Å². The molecule has 2 heteroatoms. The van der Waals surface area contributed by atoms with Crippen LogP contribution >= 0.6 is 0 Å². The van der Waals surface area contributed by atoms with Crippen LogP contribution in [0.25, 0.3) is 0 Å². The minimum absolute atomic E-state index is 0.200. The maximum Gasteiger partial charge on any atom is 0.168 e. The van der Waals surface area contributed by atoms with Crippen molar-refractivity contribution in [3.63, 3.8) is 0 Å². The average Bonchev–Trinajstić information content (AvgIpc) is 2.12. The quantitative estimate of drug-likeness (QED) is 0.596. The lowest BCUT2D eigenvalue weighted by Crippen LogP contribution is -2.49. The minimum Gasteiger partial charge on any atom is -0.349 e. The lowest BCUT2D eigenvalue weighted by Gasteiger charge is -2.46. The summed E-state index contributed by atoms with van der Waals surface area (Å²) in [5.41, 5.74) is 0.200. The molecule has 0 bridgehead atoms. The molecule has 1 saturated heterocycles. The van der Waals surface area contributed by atoms with Crippen LogP contribution in [0.5, 0.6) is 0 Å². The van der Waals surface area contributed by atoms with Gasteiger partial charge in [0, 0.05) is 18.3 Å². The molecule has 1 aliphatic carbocycles. The third-order valence-corrected chi connectivity index (χ3v) is 3.37. The first-order chi connectivity index (χ1) is 6.52. The molecule has 0 amide bonds. The van der Waals surface area contributed by atoms with Gasteiger partial charge in [0.1, 0.15) is 0 Å². The van der Waals surface area contributed by atoms with Gasteiger partial charge in [-0.3, -0.25) is 0 Å². The van der Waals surface area contributed by atoms with Crippen molar-refractivity contribution in [3.8, 4) is 0 Å². The van der Waals surface area contributed by atoms with Crippen molar-refractivity contribution < 1.29 is 9.47 Å². The van der Waals surface area contributed by atoms with Crippen LogP contribution in [-0.2, 0) is 9.47 Å². The lowest BCUT2D eigenvalue weighted by molar-refractivity contribution is -0.314. The summed E-state index contributed by atoms with van der Waals surface area (Å²) in [6, 6.07) is 0. The molecule has 0 aromatic rings. The molecule has 2 aliphatic rings. The Balaban J connectivity index is 1.98. The normalized spacial score (nSPS) is 35.8. The van der Waals surface area contributed by atoms with Crippen LogP contribution in [0.3, 0.4) is 0 Å². The summed E-state index contributed by atoms with van der Waals surface area (Å²) in [5.74, 6) is 0.540. The highest BCUT2D eigenvalue weighted by Crippen LogP contribution is 2.41. The summed E-state index contributed by atoms with van der Waals surface area (Å²) in [4.78, 5) is 0. The van der Waals surface area contributed by atoms with Crippen molar-refractivity contribution in [1.29, 1.82) is 0 Å². The Kier molecular flexibility index (Phi) is 2.61. The molecular weight excluding hydrogens is 176 g/mol. The largest absolute Gasteiger partial charge is 0.349 e. The number of hydrogen-bond acceptors (Lipinski definition) is 2. The number of ether oxygens (including phenoxy) is 2. The van der Waals surface area contributed by atoms with E-state index < -0.39 is 0 Å². The van der Waals surface area contributed by atoms with Crippen LogP contribution < -0.4 is 0 Å². The Morgan fingerprint density at radius 2 is 1.79 bits per heavy atom. The van der Waals surface area contributed by atoms with E-state index in [-0.39, 0.29) is 11.2 Å². The summed E-state index contributed by atoms with van der Waals surface area (Å²) < 4.78 is 11.9. The van der Waals surface area contributed by atoms with Gasteiger partial charge in [0.25, 0.3) is 0 Å². The van der Waals surface area contributed by atoms with Crippen molar-refractivity contribution >= 4 is 0 Å². The molecule has 0 aromatic heterocycles. The maximum absolute atomic E-state index is 5.97. The fourth-order valence-electron chi connectivity index (χ4n) is 2.45. The third-order valence-electron chi connectivity index (χ3n) is 3.37. The van der Waals surface area contributed by atoms with Gasteiger partial charge in [0.05, 0.1) is 13.2 Å². The molecule has 82 valence electrons. The Hall–Kier alpha value is -0.0800. The zero-order valence-electron chi connectivity index (χ0n) is 9.64. The second-order valence-corrected chi connectivity index (χ2v) is 5.85. The van der Waals surface area contributed by atoms with Crippen LogP contribution in [0, 0.1) is 11.3 Å². The molecule has 0 aromatic carbocycles. The maximum atomic E-state index is 5.97. The zero-order valence-corrected chi connectivity index (χ0v) is 9.64. The second-order valence-electron chi connectivity index (χ2n) is 5.85. The van der Waals surface area contributed by atoms with Gasteiger partial charge >= 0.3 is 0 Å². The van der Waals surface area contributed by atoms with E-state index in [0.29, 0.717) is 0 Å². The van der Waals surface area contributed by atoms with Crippen LogP contribution in [0.15, 0.2) is 0 Å². The van der Waals surface area contributed by atoms with E-state index in [0.717, 1.165) is 32.0 Å². The third kappa shape index (κ3) is 2.12. The van der Waals surface area contributed by atoms with Crippen molar-refractivity contribution in [2.75, 3.05) is 13.2 Å². The summed E-state index contributed by atoms with van der Waals surface area (Å²) in [7, 11) is 0. The van der Waals surface area contributed by atoms with Gasteiger partial charge < -0.3 is 9.47 Å². The molecule has 2 fully saturated rings. The smallest absolute Gasteiger partial charge is 0.168 e. The van der Waals surface area contributed by atoms with Crippen molar-refractivity contribution in [3.05, 3.63) is 0 Å². The fourth-order valence-corrected chi connectivity index (χ4v) is 2.45. The highest BCUT2D eigenvalue weighted by molar-refractivity contribution is 4.84. The molecule has 2 nitrogen and oxygen atoms in total. The topological polar surface area (TPSA) is 18.5 Å². The molecular formula is C12H22O2. The van der Waals surface area contributed by atoms with Crippen molar-refractivity contribution in [1.82, 2.24) is 0 Å². The van der Waals surface area contributed by atoms with Gasteiger partial charge in [-0.2, -0.15) is 0 Å². The van der Waals surface area contributed by atoms with E-state index in [1.54, 1.807) is 0 Å². The van der Waals surface area contributed by atoms with E-state index in [1.807, 2.05) is 0 Å². The molecule has 14 heavy (non-hydrogen) atoms. The van der Waals surface area contributed by atoms with Crippen LogP contribution in [0.2, 0.25) is 0 Å². The van der Waals surface area contributed by atoms with Crippen molar-refractivity contribution in [2.24, 2.45) is 11.3 Å². The molecule has 0 radical (unpaired) electrons. The Morgan fingerprint density at radius 1 is 1.14 bits per heavy atom. The first kappa shape index (κ1) is 10.4. The first-order valence-electron chi connectivity index (χ1n) is 5.79. The van der Waals surface area contributed by atoms with Crippen LogP contribution in [-0.4, -0.2) is 19.0 Å². The molecule has 1 saturated carbocycles. The highest BCUT2D eigenvalue weighted by atomic mass is 16.7. The van der Waals surface area contributed by atoms with E-state index in [9.17, 15) is 0 Å². The summed E-state index contributed by atoms with van der Waals surface area (Å²) in [6.07, 6.45) is 4.76. The Labute approximate surface area is 87.0 Å². The van der Waals surface area contributed by atoms with E-state index in [1.165, 1.54) is 12.8 Å². The monoisotopic (exact) mass is 198 g/mol. The van der Waals surface area contributed by atoms with Gasteiger partial charge in [-0.1, -0.05) is 27.2 Å². The van der Waals surface area contributed by atoms with Gasteiger partial charge in [0.2, 0.25) is 0 Å². The predicted octanol–water partition coefficient (Wildman–Crippen LogP) is 2.97. The van der Waals surface area contributed by atoms with E-state index in [2.05, 4.69) is 20.8 Å². The van der Waals surface area contributed by atoms with Gasteiger partial charge in [-0.15, -0.1) is 0 Å².